The SMILES string of the molecule is CCCCCCCC/C=C\CCCCCCCC(=O)OCCCCCCCC/C=C\CCCCCC(=O)NC(CO)C(O)/C=C/CCCCCCCCCCCCC. The molecule has 58 heavy (non-hydrogen) atoms. The molecule has 0 spiro atoms. The summed E-state index contributed by atoms with van der Waals surface area (Å²) in [6.45, 7) is 4.84. The fourth-order valence-electron chi connectivity index (χ4n) is 7.44. The molecule has 0 saturated heterocycles. The van der Waals surface area contributed by atoms with Crippen molar-refractivity contribution in [2.75, 3.05) is 13.2 Å². The summed E-state index contributed by atoms with van der Waals surface area (Å²) in [4.78, 5) is 24.4. The van der Waals surface area contributed by atoms with Crippen molar-refractivity contribution < 1.29 is 24.5 Å². The van der Waals surface area contributed by atoms with Gasteiger partial charge in [-0.2, -0.15) is 0 Å². The summed E-state index contributed by atoms with van der Waals surface area (Å²) in [6, 6.07) is -0.648. The lowest BCUT2D eigenvalue weighted by molar-refractivity contribution is -0.143. The van der Waals surface area contributed by atoms with E-state index in [1.54, 1.807) is 6.08 Å². The summed E-state index contributed by atoms with van der Waals surface area (Å²) >= 11 is 0. The second kappa shape index (κ2) is 47.8. The Hall–Kier alpha value is -1.92. The van der Waals surface area contributed by atoms with Crippen molar-refractivity contribution in [1.29, 1.82) is 0 Å². The maximum absolute atomic E-state index is 12.4. The first-order chi connectivity index (χ1) is 28.5. The van der Waals surface area contributed by atoms with E-state index in [0.717, 1.165) is 70.6 Å². The summed E-state index contributed by atoms with van der Waals surface area (Å²) in [6.07, 6.45) is 57.1. The molecule has 3 N–H and O–H groups in total. The van der Waals surface area contributed by atoms with Crippen LogP contribution in [0.15, 0.2) is 36.5 Å². The van der Waals surface area contributed by atoms with Gasteiger partial charge < -0.3 is 20.3 Å². The van der Waals surface area contributed by atoms with Crippen molar-refractivity contribution in [1.82, 2.24) is 5.32 Å². The number of rotatable bonds is 46. The largest absolute Gasteiger partial charge is 0.466 e. The highest BCUT2D eigenvalue weighted by molar-refractivity contribution is 5.76. The first-order valence-corrected chi connectivity index (χ1v) is 25.3. The topological polar surface area (TPSA) is 95.9 Å². The van der Waals surface area contributed by atoms with Gasteiger partial charge in [-0.05, 0) is 83.5 Å². The van der Waals surface area contributed by atoms with E-state index in [1.807, 2.05) is 6.08 Å². The smallest absolute Gasteiger partial charge is 0.305 e. The van der Waals surface area contributed by atoms with Crippen LogP contribution in [0.4, 0.5) is 0 Å². The van der Waals surface area contributed by atoms with Crippen LogP contribution in [0, 0.1) is 0 Å². The second-order valence-corrected chi connectivity index (χ2v) is 17.1. The lowest BCUT2D eigenvalue weighted by Gasteiger charge is -2.19. The summed E-state index contributed by atoms with van der Waals surface area (Å²) in [7, 11) is 0. The number of hydrogen-bond donors (Lipinski definition) is 3. The molecule has 2 atom stereocenters. The van der Waals surface area contributed by atoms with Gasteiger partial charge in [-0.1, -0.05) is 198 Å². The van der Waals surface area contributed by atoms with Crippen LogP contribution in [0.1, 0.15) is 258 Å². The van der Waals surface area contributed by atoms with Crippen LogP contribution < -0.4 is 5.32 Å². The molecule has 0 heterocycles. The number of carbonyl (C=O) groups is 2. The van der Waals surface area contributed by atoms with Gasteiger partial charge >= 0.3 is 5.97 Å². The van der Waals surface area contributed by atoms with Crippen LogP contribution in [0.25, 0.3) is 0 Å². The number of allylic oxidation sites excluding steroid dienone is 5. The third kappa shape index (κ3) is 43.7. The van der Waals surface area contributed by atoms with Crippen LogP contribution >= 0.6 is 0 Å². The van der Waals surface area contributed by atoms with Crippen molar-refractivity contribution in [3.8, 4) is 0 Å². The summed E-state index contributed by atoms with van der Waals surface area (Å²) < 4.78 is 5.45. The Morgan fingerprint density at radius 3 is 1.24 bits per heavy atom. The quantitative estimate of drug-likeness (QED) is 0.0323. The third-order valence-corrected chi connectivity index (χ3v) is 11.4. The number of nitrogens with one attached hydrogen (secondary N) is 1. The first kappa shape index (κ1) is 56.1. The average Bonchev–Trinajstić information content (AvgIpc) is 3.22. The molecule has 6 nitrogen and oxygen atoms in total. The number of hydrogen-bond acceptors (Lipinski definition) is 5. The lowest BCUT2D eigenvalue weighted by Crippen LogP contribution is -2.45. The third-order valence-electron chi connectivity index (χ3n) is 11.4. The Morgan fingerprint density at radius 2 is 0.810 bits per heavy atom. The molecule has 340 valence electrons. The molecule has 0 fully saturated rings. The van der Waals surface area contributed by atoms with Gasteiger partial charge in [0.1, 0.15) is 0 Å². The average molecular weight is 816 g/mol. The Bertz CT molecular complexity index is 946. The monoisotopic (exact) mass is 816 g/mol. The molecule has 0 aliphatic rings. The van der Waals surface area contributed by atoms with E-state index in [4.69, 9.17) is 4.74 Å². The number of esters is 1. The number of unbranched alkanes of at least 4 members (excludes halogenated alkanes) is 31. The van der Waals surface area contributed by atoms with E-state index in [2.05, 4.69) is 43.5 Å². The van der Waals surface area contributed by atoms with Crippen molar-refractivity contribution in [3.05, 3.63) is 36.5 Å². The highest BCUT2D eigenvalue weighted by Gasteiger charge is 2.18. The molecule has 0 aromatic rings. The molecule has 2 unspecified atom stereocenters. The van der Waals surface area contributed by atoms with Gasteiger partial charge in [0.2, 0.25) is 5.91 Å². The molecule has 0 saturated carbocycles. The maximum Gasteiger partial charge on any atom is 0.305 e. The predicted octanol–water partition coefficient (Wildman–Crippen LogP) is 14.9. The second-order valence-electron chi connectivity index (χ2n) is 17.1. The summed E-state index contributed by atoms with van der Waals surface area (Å²) in [5, 5.41) is 23.0. The standard InChI is InChI=1S/C52H97NO5/c1-3-5-7-9-11-13-15-17-18-22-26-30-34-38-42-46-52(57)58-47-43-39-35-31-27-23-19-21-25-29-33-37-41-45-51(56)53-49(48-54)50(55)44-40-36-32-28-24-20-16-14-12-10-8-6-4-2/h17-18,21,25,40,44,49-50,54-55H,3-16,19-20,22-24,26-39,41-43,45-48H2,1-2H3,(H,53,56)/b18-17-,25-21-,44-40+. The fraction of sp³-hybridized carbons (Fsp3) is 0.846. The molecule has 0 aliphatic carbocycles. The molecule has 0 aliphatic heterocycles. The van der Waals surface area contributed by atoms with E-state index < -0.39 is 12.1 Å². The molecule has 0 aromatic heterocycles. The number of amides is 1. The Kier molecular flexibility index (Phi) is 46.2. The minimum Gasteiger partial charge on any atom is -0.466 e. The van der Waals surface area contributed by atoms with Crippen LogP contribution in [0.5, 0.6) is 0 Å². The van der Waals surface area contributed by atoms with Crippen molar-refractivity contribution >= 4 is 11.9 Å². The minimum atomic E-state index is -0.861. The Balaban J connectivity index is 3.54. The van der Waals surface area contributed by atoms with E-state index in [9.17, 15) is 19.8 Å². The van der Waals surface area contributed by atoms with E-state index >= 15 is 0 Å². The zero-order chi connectivity index (χ0) is 42.3. The van der Waals surface area contributed by atoms with Gasteiger partial charge in [-0.25, -0.2) is 0 Å². The van der Waals surface area contributed by atoms with Crippen molar-refractivity contribution in [2.45, 2.75) is 270 Å². The van der Waals surface area contributed by atoms with E-state index in [1.165, 1.54) is 161 Å². The maximum atomic E-state index is 12.4. The normalized spacial score (nSPS) is 13.0. The Labute approximate surface area is 360 Å². The van der Waals surface area contributed by atoms with E-state index in [0.29, 0.717) is 19.4 Å². The number of aliphatic hydroxyl groups excluding tert-OH is 2. The van der Waals surface area contributed by atoms with Gasteiger partial charge in [0.05, 0.1) is 25.4 Å². The van der Waals surface area contributed by atoms with Gasteiger partial charge in [0.25, 0.3) is 0 Å². The van der Waals surface area contributed by atoms with Gasteiger partial charge in [-0.3, -0.25) is 9.59 Å². The zero-order valence-corrected chi connectivity index (χ0v) is 38.5. The van der Waals surface area contributed by atoms with Gasteiger partial charge in [0, 0.05) is 12.8 Å². The molecule has 1 amide bonds. The van der Waals surface area contributed by atoms with E-state index in [-0.39, 0.29) is 18.5 Å². The lowest BCUT2D eigenvalue weighted by atomic mass is 10.0. The van der Waals surface area contributed by atoms with Gasteiger partial charge in [0.15, 0.2) is 0 Å². The van der Waals surface area contributed by atoms with Crippen molar-refractivity contribution in [3.63, 3.8) is 0 Å². The molecule has 0 aromatic carbocycles. The first-order valence-electron chi connectivity index (χ1n) is 25.3. The molecule has 0 bridgehead atoms. The number of carbonyl (C=O) groups excluding carboxylic acids is 2. The molecule has 6 heteroatoms. The molecule has 0 radical (unpaired) electrons. The summed E-state index contributed by atoms with van der Waals surface area (Å²) in [5.41, 5.74) is 0. The minimum absolute atomic E-state index is 0.0227. The zero-order valence-electron chi connectivity index (χ0n) is 38.5. The molecular formula is C52H97NO5. The molecular weight excluding hydrogens is 719 g/mol. The summed E-state index contributed by atoms with van der Waals surface area (Å²) in [5.74, 6) is -0.122. The highest BCUT2D eigenvalue weighted by atomic mass is 16.5. The predicted molar refractivity (Wildman–Crippen MR) is 250 cm³/mol. The van der Waals surface area contributed by atoms with Crippen LogP contribution in [0.3, 0.4) is 0 Å². The fourth-order valence-corrected chi connectivity index (χ4v) is 7.44. The highest BCUT2D eigenvalue weighted by Crippen LogP contribution is 2.14. The Morgan fingerprint density at radius 1 is 0.466 bits per heavy atom. The van der Waals surface area contributed by atoms with Crippen LogP contribution in [0.2, 0.25) is 0 Å². The van der Waals surface area contributed by atoms with Crippen molar-refractivity contribution in [2.24, 2.45) is 0 Å². The molecule has 0 rings (SSSR count). The number of aliphatic hydroxyl groups is 2. The van der Waals surface area contributed by atoms with Crippen LogP contribution in [-0.4, -0.2) is 47.4 Å². The van der Waals surface area contributed by atoms with Gasteiger partial charge in [-0.15, -0.1) is 0 Å². The number of ether oxygens (including phenoxy) is 1. The van der Waals surface area contributed by atoms with Crippen LogP contribution in [-0.2, 0) is 14.3 Å².